The van der Waals surface area contributed by atoms with Gasteiger partial charge in [0.25, 0.3) is 0 Å². The minimum atomic E-state index is -0.404. The van der Waals surface area contributed by atoms with Gasteiger partial charge < -0.3 is 10.2 Å². The zero-order valence-electron chi connectivity index (χ0n) is 11.5. The molecule has 2 heterocycles. The first kappa shape index (κ1) is 13.5. The van der Waals surface area contributed by atoms with E-state index in [4.69, 9.17) is 0 Å². The number of carbonyl (C=O) groups excluding carboxylic acids is 2. The van der Waals surface area contributed by atoms with E-state index in [2.05, 4.69) is 29.6 Å². The Hall–Kier alpha value is -1.49. The van der Waals surface area contributed by atoms with Crippen molar-refractivity contribution in [3.05, 3.63) is 29.8 Å². The van der Waals surface area contributed by atoms with Crippen molar-refractivity contribution in [2.24, 2.45) is 0 Å². The summed E-state index contributed by atoms with van der Waals surface area (Å²) in [5, 5.41) is 3.13. The van der Waals surface area contributed by atoms with Crippen molar-refractivity contribution in [1.29, 1.82) is 0 Å². The van der Waals surface area contributed by atoms with Gasteiger partial charge in [-0.25, -0.2) is 0 Å². The molecule has 2 aliphatic rings. The molecule has 0 radical (unpaired) electrons. The molecule has 2 aliphatic heterocycles. The van der Waals surface area contributed by atoms with Crippen LogP contribution >= 0.6 is 11.8 Å². The molecule has 1 N–H and O–H groups in total. The molecule has 2 amide bonds. The van der Waals surface area contributed by atoms with Gasteiger partial charge in [0.1, 0.15) is 6.04 Å². The number of nitrogens with one attached hydrogen (secondary N) is 1. The summed E-state index contributed by atoms with van der Waals surface area (Å²) >= 11 is 1.84. The van der Waals surface area contributed by atoms with E-state index in [1.807, 2.05) is 16.7 Å². The van der Waals surface area contributed by atoms with Gasteiger partial charge in [-0.05, 0) is 25.0 Å². The number of fused-ring (bicyclic) bond motifs is 1. The Balaban J connectivity index is 1.66. The fraction of sp³-hybridized carbons (Fsp3) is 0.467. The van der Waals surface area contributed by atoms with Gasteiger partial charge in [-0.1, -0.05) is 18.2 Å². The summed E-state index contributed by atoms with van der Waals surface area (Å²) in [6.07, 6.45) is 1.40. The maximum Gasteiger partial charge on any atom is 0.244 e. The second-order valence-corrected chi connectivity index (χ2v) is 6.72. The van der Waals surface area contributed by atoms with Crippen molar-refractivity contribution < 1.29 is 9.59 Å². The summed E-state index contributed by atoms with van der Waals surface area (Å²) in [5.74, 6) is 0.00289. The Morgan fingerprint density at radius 3 is 2.95 bits per heavy atom. The largest absolute Gasteiger partial charge is 0.345 e. The lowest BCUT2D eigenvalue weighted by atomic mass is 10.1. The quantitative estimate of drug-likeness (QED) is 0.896. The monoisotopic (exact) mass is 290 g/mol. The molecule has 0 aliphatic carbocycles. The highest BCUT2D eigenvalue weighted by molar-refractivity contribution is 8.00. The van der Waals surface area contributed by atoms with E-state index >= 15 is 0 Å². The van der Waals surface area contributed by atoms with Crippen molar-refractivity contribution in [1.82, 2.24) is 10.2 Å². The van der Waals surface area contributed by atoms with Crippen LogP contribution in [0.3, 0.4) is 0 Å². The van der Waals surface area contributed by atoms with Crippen LogP contribution in [0.4, 0.5) is 0 Å². The second-order valence-electron chi connectivity index (χ2n) is 5.38. The molecule has 0 aromatic heterocycles. The van der Waals surface area contributed by atoms with Crippen molar-refractivity contribution in [2.75, 3.05) is 13.1 Å². The molecule has 20 heavy (non-hydrogen) atoms. The average Bonchev–Trinajstić information content (AvgIpc) is 2.79. The predicted octanol–water partition coefficient (Wildman–Crippen LogP) is 1.44. The van der Waals surface area contributed by atoms with E-state index in [-0.39, 0.29) is 11.8 Å². The van der Waals surface area contributed by atoms with E-state index in [0.717, 1.165) is 13.0 Å². The van der Waals surface area contributed by atoms with Crippen LogP contribution in [-0.2, 0) is 16.0 Å². The summed E-state index contributed by atoms with van der Waals surface area (Å²) in [6, 6.07) is 8.00. The third-order valence-corrected chi connectivity index (χ3v) is 5.11. The number of nitrogens with zero attached hydrogens (tertiary/aromatic N) is 1. The van der Waals surface area contributed by atoms with Crippen molar-refractivity contribution in [3.8, 4) is 0 Å². The number of benzene rings is 1. The lowest BCUT2D eigenvalue weighted by molar-refractivity contribution is -0.133. The van der Waals surface area contributed by atoms with Crippen LogP contribution in [-0.4, -0.2) is 41.1 Å². The number of carbonyl (C=O) groups is 2. The van der Waals surface area contributed by atoms with Gasteiger partial charge >= 0.3 is 0 Å². The lowest BCUT2D eigenvalue weighted by Gasteiger charge is -2.25. The van der Waals surface area contributed by atoms with E-state index in [0.29, 0.717) is 18.2 Å². The fourth-order valence-corrected chi connectivity index (χ4v) is 4.12. The standard InChI is InChI=1S/C15H18N2O2S/c1-10-15(19)17(7-6-14(18)16-10)9-12-8-11-4-2-3-5-13(11)20-12/h2-5,10,12H,6-9H2,1H3,(H,16,18). The molecule has 0 bridgehead atoms. The lowest BCUT2D eigenvalue weighted by Crippen LogP contribution is -2.44. The average molecular weight is 290 g/mol. The molecule has 1 saturated heterocycles. The normalized spacial score (nSPS) is 26.1. The maximum absolute atomic E-state index is 12.3. The van der Waals surface area contributed by atoms with Crippen molar-refractivity contribution in [3.63, 3.8) is 0 Å². The van der Waals surface area contributed by atoms with Gasteiger partial charge in [0.05, 0.1) is 0 Å². The molecule has 1 aromatic carbocycles. The van der Waals surface area contributed by atoms with Gasteiger partial charge in [-0.3, -0.25) is 9.59 Å². The molecule has 2 unspecified atom stereocenters. The Bertz CT molecular complexity index is 521. The Labute approximate surface area is 122 Å². The minimum absolute atomic E-state index is 0.0317. The number of thioether (sulfide) groups is 1. The van der Waals surface area contributed by atoms with Crippen LogP contribution in [0.1, 0.15) is 18.9 Å². The Morgan fingerprint density at radius 1 is 1.35 bits per heavy atom. The van der Waals surface area contributed by atoms with Crippen molar-refractivity contribution >= 4 is 23.6 Å². The number of rotatable bonds is 2. The molecule has 3 rings (SSSR count). The summed E-state index contributed by atoms with van der Waals surface area (Å²) in [7, 11) is 0. The molecule has 5 heteroatoms. The summed E-state index contributed by atoms with van der Waals surface area (Å²) in [4.78, 5) is 26.9. The van der Waals surface area contributed by atoms with Gasteiger partial charge in [0.2, 0.25) is 11.8 Å². The highest BCUT2D eigenvalue weighted by Gasteiger charge is 2.30. The highest BCUT2D eigenvalue weighted by atomic mass is 32.2. The Morgan fingerprint density at radius 2 is 2.15 bits per heavy atom. The second kappa shape index (κ2) is 5.48. The molecule has 1 aromatic rings. The maximum atomic E-state index is 12.3. The first-order chi connectivity index (χ1) is 9.63. The first-order valence-electron chi connectivity index (χ1n) is 6.96. The van der Waals surface area contributed by atoms with E-state index < -0.39 is 6.04 Å². The zero-order chi connectivity index (χ0) is 14.1. The van der Waals surface area contributed by atoms with Crippen LogP contribution in [0.2, 0.25) is 0 Å². The molecule has 2 atom stereocenters. The summed E-state index contributed by atoms with van der Waals surface area (Å²) in [6.45, 7) is 3.01. The predicted molar refractivity (Wildman–Crippen MR) is 78.6 cm³/mol. The number of hydrogen-bond acceptors (Lipinski definition) is 3. The Kier molecular flexibility index (Phi) is 3.70. The fourth-order valence-electron chi connectivity index (χ4n) is 2.78. The van der Waals surface area contributed by atoms with Crippen LogP contribution in [0, 0.1) is 0 Å². The molecule has 0 spiro atoms. The van der Waals surface area contributed by atoms with Crippen LogP contribution in [0.15, 0.2) is 29.2 Å². The minimum Gasteiger partial charge on any atom is -0.345 e. The first-order valence-corrected chi connectivity index (χ1v) is 7.84. The SMILES string of the molecule is CC1NC(=O)CCN(CC2Cc3ccccc3S2)C1=O. The molecule has 0 saturated carbocycles. The number of amides is 2. The van der Waals surface area contributed by atoms with Crippen LogP contribution < -0.4 is 5.32 Å². The molecule has 4 nitrogen and oxygen atoms in total. The molecule has 1 fully saturated rings. The third-order valence-electron chi connectivity index (χ3n) is 3.81. The third kappa shape index (κ3) is 2.68. The summed E-state index contributed by atoms with van der Waals surface area (Å²) in [5.41, 5.74) is 1.37. The van der Waals surface area contributed by atoms with Crippen molar-refractivity contribution in [2.45, 2.75) is 36.0 Å². The zero-order valence-corrected chi connectivity index (χ0v) is 12.3. The smallest absolute Gasteiger partial charge is 0.244 e. The van der Waals surface area contributed by atoms with Gasteiger partial charge in [0, 0.05) is 29.7 Å². The molecular weight excluding hydrogens is 272 g/mol. The van der Waals surface area contributed by atoms with Gasteiger partial charge in [0.15, 0.2) is 0 Å². The van der Waals surface area contributed by atoms with E-state index in [9.17, 15) is 9.59 Å². The van der Waals surface area contributed by atoms with E-state index in [1.165, 1.54) is 10.5 Å². The number of hydrogen-bond donors (Lipinski definition) is 1. The summed E-state index contributed by atoms with van der Waals surface area (Å²) < 4.78 is 0. The van der Waals surface area contributed by atoms with Gasteiger partial charge in [-0.15, -0.1) is 11.8 Å². The topological polar surface area (TPSA) is 49.4 Å². The van der Waals surface area contributed by atoms with Gasteiger partial charge in [-0.2, -0.15) is 0 Å². The van der Waals surface area contributed by atoms with E-state index in [1.54, 1.807) is 6.92 Å². The van der Waals surface area contributed by atoms with Crippen LogP contribution in [0.25, 0.3) is 0 Å². The molecule has 106 valence electrons. The highest BCUT2D eigenvalue weighted by Crippen LogP contribution is 2.37. The molecular formula is C15H18N2O2S. The van der Waals surface area contributed by atoms with Crippen LogP contribution in [0.5, 0.6) is 0 Å².